The third kappa shape index (κ3) is 4.70. The van der Waals surface area contributed by atoms with Crippen LogP contribution in [0.3, 0.4) is 0 Å². The van der Waals surface area contributed by atoms with E-state index in [9.17, 15) is 4.79 Å². The molecule has 1 heterocycles. The van der Waals surface area contributed by atoms with E-state index in [1.165, 1.54) is 19.3 Å². The summed E-state index contributed by atoms with van der Waals surface area (Å²) in [6.07, 6.45) is 4.32. The van der Waals surface area contributed by atoms with Crippen LogP contribution in [0, 0.1) is 5.92 Å². The zero-order chi connectivity index (χ0) is 13.5. The number of nitrogens with one attached hydrogen (secondary N) is 1. The Morgan fingerprint density at radius 1 is 1.37 bits per heavy atom. The van der Waals surface area contributed by atoms with E-state index in [0.717, 1.165) is 12.5 Å². The van der Waals surface area contributed by atoms with Crippen molar-refractivity contribution in [3.63, 3.8) is 0 Å². The van der Waals surface area contributed by atoms with Crippen LogP contribution < -0.4 is 11.1 Å². The Hall–Kier alpha value is -1.30. The number of ether oxygens (including phenoxy) is 1. The smallest absolute Gasteiger partial charge is 0.224 e. The molecular formula is C13H24N4O2. The average molecular weight is 268 g/mol. The van der Waals surface area contributed by atoms with Crippen molar-refractivity contribution in [2.75, 3.05) is 39.4 Å². The van der Waals surface area contributed by atoms with Gasteiger partial charge in [0.1, 0.15) is 0 Å². The number of carbonyl (C=O) groups is 1. The molecule has 0 aromatic heterocycles. The molecule has 6 nitrogen and oxygen atoms in total. The lowest BCUT2D eigenvalue weighted by molar-refractivity contribution is -0.135. The topological polar surface area (TPSA) is 79.9 Å². The molecule has 6 heteroatoms. The van der Waals surface area contributed by atoms with Crippen LogP contribution in [0.2, 0.25) is 0 Å². The second-order valence-electron chi connectivity index (χ2n) is 5.19. The first-order valence-corrected chi connectivity index (χ1v) is 7.15. The summed E-state index contributed by atoms with van der Waals surface area (Å²) in [4.78, 5) is 18.0. The quantitative estimate of drug-likeness (QED) is 0.541. The van der Waals surface area contributed by atoms with Gasteiger partial charge in [0.15, 0.2) is 5.96 Å². The standard InChI is InChI=1S/C13H24N4O2/c14-13(16-10-11-2-1-3-11)15-5-4-12(18)17-6-8-19-9-7-17/h11H,1-10H2,(H3,14,15,16). The number of nitrogens with two attached hydrogens (primary N) is 1. The van der Waals surface area contributed by atoms with Crippen molar-refractivity contribution in [2.24, 2.45) is 16.6 Å². The molecule has 1 aliphatic heterocycles. The number of hydrogen-bond donors (Lipinski definition) is 2. The van der Waals surface area contributed by atoms with Gasteiger partial charge in [0.05, 0.1) is 13.2 Å². The molecule has 0 aromatic carbocycles. The molecule has 1 saturated carbocycles. The summed E-state index contributed by atoms with van der Waals surface area (Å²) in [7, 11) is 0. The summed E-state index contributed by atoms with van der Waals surface area (Å²) in [5, 5.41) is 3.01. The van der Waals surface area contributed by atoms with E-state index in [-0.39, 0.29) is 5.91 Å². The molecule has 1 saturated heterocycles. The van der Waals surface area contributed by atoms with Gasteiger partial charge in [0.2, 0.25) is 5.91 Å². The lowest BCUT2D eigenvalue weighted by Crippen LogP contribution is -2.42. The molecule has 3 N–H and O–H groups in total. The zero-order valence-electron chi connectivity index (χ0n) is 11.4. The van der Waals surface area contributed by atoms with Crippen molar-refractivity contribution in [1.82, 2.24) is 10.2 Å². The molecule has 0 bridgehead atoms. The van der Waals surface area contributed by atoms with E-state index in [0.29, 0.717) is 45.2 Å². The number of morpholine rings is 1. The summed E-state index contributed by atoms with van der Waals surface area (Å²) in [5.74, 6) is 1.33. The van der Waals surface area contributed by atoms with E-state index in [1.54, 1.807) is 0 Å². The molecule has 2 fully saturated rings. The number of hydrogen-bond acceptors (Lipinski definition) is 3. The van der Waals surface area contributed by atoms with Crippen molar-refractivity contribution in [1.29, 1.82) is 0 Å². The van der Waals surface area contributed by atoms with Crippen LogP contribution in [-0.4, -0.2) is 56.2 Å². The predicted molar refractivity (Wildman–Crippen MR) is 73.8 cm³/mol. The number of nitrogens with zero attached hydrogens (tertiary/aromatic N) is 2. The first-order valence-electron chi connectivity index (χ1n) is 7.15. The van der Waals surface area contributed by atoms with Gasteiger partial charge in [0.25, 0.3) is 0 Å². The lowest BCUT2D eigenvalue weighted by atomic mass is 9.86. The van der Waals surface area contributed by atoms with Crippen LogP contribution in [0.25, 0.3) is 0 Å². The number of rotatable bonds is 5. The van der Waals surface area contributed by atoms with Crippen LogP contribution in [0.5, 0.6) is 0 Å². The van der Waals surface area contributed by atoms with Crippen LogP contribution in [0.4, 0.5) is 0 Å². The minimum Gasteiger partial charge on any atom is -0.378 e. The maximum Gasteiger partial charge on any atom is 0.224 e. The first kappa shape index (κ1) is 14.1. The average Bonchev–Trinajstić information content (AvgIpc) is 2.38. The van der Waals surface area contributed by atoms with Crippen molar-refractivity contribution < 1.29 is 9.53 Å². The summed E-state index contributed by atoms with van der Waals surface area (Å²) in [5.41, 5.74) is 5.76. The zero-order valence-corrected chi connectivity index (χ0v) is 11.4. The van der Waals surface area contributed by atoms with E-state index in [1.807, 2.05) is 4.90 Å². The number of amides is 1. The van der Waals surface area contributed by atoms with Gasteiger partial charge in [-0.05, 0) is 18.8 Å². The van der Waals surface area contributed by atoms with Gasteiger partial charge in [-0.2, -0.15) is 0 Å². The van der Waals surface area contributed by atoms with Crippen LogP contribution in [0.15, 0.2) is 4.99 Å². The Kier molecular flexibility index (Phi) is 5.44. The highest BCUT2D eigenvalue weighted by Gasteiger charge is 2.17. The third-order valence-corrected chi connectivity index (χ3v) is 3.75. The van der Waals surface area contributed by atoms with E-state index in [2.05, 4.69) is 10.3 Å². The van der Waals surface area contributed by atoms with Crippen molar-refractivity contribution in [2.45, 2.75) is 25.7 Å². The summed E-state index contributed by atoms with van der Waals surface area (Å²) < 4.78 is 5.21. The van der Waals surface area contributed by atoms with Crippen molar-refractivity contribution >= 4 is 11.9 Å². The minimum atomic E-state index is 0.155. The molecular weight excluding hydrogens is 244 g/mol. The molecule has 0 aromatic rings. The Morgan fingerprint density at radius 3 is 2.74 bits per heavy atom. The Balaban J connectivity index is 1.57. The maximum absolute atomic E-state index is 11.9. The molecule has 0 radical (unpaired) electrons. The second-order valence-corrected chi connectivity index (χ2v) is 5.19. The summed E-state index contributed by atoms with van der Waals surface area (Å²) >= 11 is 0. The normalized spacial score (nSPS) is 21.1. The second kappa shape index (κ2) is 7.33. The van der Waals surface area contributed by atoms with Gasteiger partial charge in [-0.15, -0.1) is 0 Å². The van der Waals surface area contributed by atoms with Gasteiger partial charge in [-0.3, -0.25) is 9.79 Å². The largest absolute Gasteiger partial charge is 0.378 e. The first-order chi connectivity index (χ1) is 9.25. The fraction of sp³-hybridized carbons (Fsp3) is 0.846. The minimum absolute atomic E-state index is 0.155. The van der Waals surface area contributed by atoms with Crippen molar-refractivity contribution in [3.8, 4) is 0 Å². The van der Waals surface area contributed by atoms with Crippen LogP contribution in [0.1, 0.15) is 25.7 Å². The van der Waals surface area contributed by atoms with E-state index in [4.69, 9.17) is 10.5 Å². The maximum atomic E-state index is 11.9. The fourth-order valence-corrected chi connectivity index (χ4v) is 2.23. The molecule has 108 valence electrons. The van der Waals surface area contributed by atoms with E-state index < -0.39 is 0 Å². The monoisotopic (exact) mass is 268 g/mol. The number of carbonyl (C=O) groups excluding carboxylic acids is 1. The molecule has 2 rings (SSSR count). The Morgan fingerprint density at radius 2 is 2.11 bits per heavy atom. The summed E-state index contributed by atoms with van der Waals surface area (Å²) in [6, 6.07) is 0. The van der Waals surface area contributed by atoms with Gasteiger partial charge < -0.3 is 20.7 Å². The van der Waals surface area contributed by atoms with Gasteiger partial charge in [-0.1, -0.05) is 6.42 Å². The molecule has 0 spiro atoms. The molecule has 1 amide bonds. The fourth-order valence-electron chi connectivity index (χ4n) is 2.23. The highest BCUT2D eigenvalue weighted by Crippen LogP contribution is 2.26. The van der Waals surface area contributed by atoms with Gasteiger partial charge in [0, 0.05) is 32.6 Å². The summed E-state index contributed by atoms with van der Waals surface area (Å²) in [6.45, 7) is 4.05. The number of aliphatic imine (C=N–C) groups is 1. The molecule has 19 heavy (non-hydrogen) atoms. The molecule has 0 atom stereocenters. The molecule has 0 unspecified atom stereocenters. The van der Waals surface area contributed by atoms with Gasteiger partial charge >= 0.3 is 0 Å². The van der Waals surface area contributed by atoms with Gasteiger partial charge in [-0.25, -0.2) is 0 Å². The SMILES string of the molecule is NC(=NCC1CCC1)NCCC(=O)N1CCOCC1. The lowest BCUT2D eigenvalue weighted by Gasteiger charge is -2.27. The van der Waals surface area contributed by atoms with Crippen LogP contribution in [-0.2, 0) is 9.53 Å². The third-order valence-electron chi connectivity index (χ3n) is 3.75. The predicted octanol–water partition coefficient (Wildman–Crippen LogP) is -0.0603. The molecule has 1 aliphatic carbocycles. The number of guanidine groups is 1. The van der Waals surface area contributed by atoms with E-state index >= 15 is 0 Å². The highest BCUT2D eigenvalue weighted by atomic mass is 16.5. The van der Waals surface area contributed by atoms with Crippen molar-refractivity contribution in [3.05, 3.63) is 0 Å². The Bertz CT molecular complexity index is 323. The highest BCUT2D eigenvalue weighted by molar-refractivity contribution is 5.80. The molecule has 2 aliphatic rings. The van der Waals surface area contributed by atoms with Crippen LogP contribution >= 0.6 is 0 Å². The Labute approximate surface area is 114 Å².